The minimum Gasteiger partial charge on any atom is -0.365 e. The van der Waals surface area contributed by atoms with Crippen LogP contribution >= 0.6 is 0 Å². The first-order valence-corrected chi connectivity index (χ1v) is 2.97. The van der Waals surface area contributed by atoms with Crippen molar-refractivity contribution in [1.29, 1.82) is 0 Å². The Bertz CT molecular complexity index is 278. The Morgan fingerprint density at radius 1 is 1.58 bits per heavy atom. The van der Waals surface area contributed by atoms with Crippen molar-refractivity contribution in [2.75, 3.05) is 5.43 Å². The number of anilines is 1. The van der Waals surface area contributed by atoms with Crippen LogP contribution in [0.2, 0.25) is 0 Å². The molecule has 1 amide bonds. The van der Waals surface area contributed by atoms with E-state index in [9.17, 15) is 4.79 Å². The normalized spacial score (nSPS) is 8.42. The molecule has 1 heterocycles. The molecule has 1 aromatic rings. The number of hydrogen-bond donors (Lipinski definition) is 3. The van der Waals surface area contributed by atoms with Gasteiger partial charge in [0.15, 0.2) is 5.82 Å². The molecule has 1 radical (unpaired) electrons. The standard InChI is InChI=1S/C6H8N4O.Tc/c7-5(11)4-2-1-3-9-6(4)10-8;/h1-3H,8H2,(H2,7,11)(H,9,10);. The SMILES string of the molecule is NNc1ncccc1C(N)=O.[Tc]. The summed E-state index contributed by atoms with van der Waals surface area (Å²) in [5.74, 6) is 4.81. The first-order valence-electron chi connectivity index (χ1n) is 2.97. The minimum absolute atomic E-state index is 0. The molecular formula is C6H8N4OTc. The number of amides is 1. The van der Waals surface area contributed by atoms with E-state index in [1.807, 2.05) is 0 Å². The van der Waals surface area contributed by atoms with Gasteiger partial charge in [0.2, 0.25) is 0 Å². The van der Waals surface area contributed by atoms with Crippen molar-refractivity contribution in [3.8, 4) is 0 Å². The second-order valence-corrected chi connectivity index (χ2v) is 1.91. The molecule has 5 nitrogen and oxygen atoms in total. The summed E-state index contributed by atoms with van der Waals surface area (Å²) in [6.07, 6.45) is 1.52. The van der Waals surface area contributed by atoms with E-state index in [4.69, 9.17) is 11.6 Å². The van der Waals surface area contributed by atoms with Crippen molar-refractivity contribution in [1.82, 2.24) is 4.98 Å². The zero-order chi connectivity index (χ0) is 8.27. The van der Waals surface area contributed by atoms with E-state index in [1.54, 1.807) is 12.1 Å². The monoisotopic (exact) mass is 249 g/mol. The summed E-state index contributed by atoms with van der Waals surface area (Å²) in [4.78, 5) is 14.4. The number of aromatic nitrogens is 1. The summed E-state index contributed by atoms with van der Waals surface area (Å²) in [6.45, 7) is 0. The van der Waals surface area contributed by atoms with Gasteiger partial charge in [-0.05, 0) is 12.1 Å². The molecule has 0 saturated heterocycles. The van der Waals surface area contributed by atoms with Crippen LogP contribution in [-0.2, 0) is 20.1 Å². The molecule has 0 aromatic carbocycles. The van der Waals surface area contributed by atoms with Gasteiger partial charge in [-0.15, -0.1) is 0 Å². The van der Waals surface area contributed by atoms with Crippen molar-refractivity contribution in [2.24, 2.45) is 11.6 Å². The Morgan fingerprint density at radius 2 is 2.25 bits per heavy atom. The molecule has 6 heteroatoms. The maximum Gasteiger partial charge on any atom is 0.252 e. The predicted molar refractivity (Wildman–Crippen MR) is 40.6 cm³/mol. The molecule has 0 bridgehead atoms. The minimum atomic E-state index is -0.550. The van der Waals surface area contributed by atoms with Crippen LogP contribution in [0.25, 0.3) is 0 Å². The number of nitrogen functional groups attached to an aromatic ring is 1. The second-order valence-electron chi connectivity index (χ2n) is 1.91. The fourth-order valence-electron chi connectivity index (χ4n) is 0.719. The van der Waals surface area contributed by atoms with Crippen molar-refractivity contribution in [3.05, 3.63) is 23.9 Å². The van der Waals surface area contributed by atoms with E-state index >= 15 is 0 Å². The number of carbonyl (C=O) groups is 1. The van der Waals surface area contributed by atoms with Crippen molar-refractivity contribution < 1.29 is 24.9 Å². The summed E-state index contributed by atoms with van der Waals surface area (Å²) >= 11 is 0. The van der Waals surface area contributed by atoms with Crippen LogP contribution in [-0.4, -0.2) is 10.9 Å². The molecule has 0 unspecified atom stereocenters. The summed E-state index contributed by atoms with van der Waals surface area (Å²) in [6, 6.07) is 3.16. The molecule has 65 valence electrons. The largest absolute Gasteiger partial charge is 0.365 e. The molecule has 1 aromatic heterocycles. The van der Waals surface area contributed by atoms with Crippen LogP contribution in [0.4, 0.5) is 5.82 Å². The molecule has 0 aliphatic carbocycles. The summed E-state index contributed by atoms with van der Waals surface area (Å²) in [7, 11) is 0. The van der Waals surface area contributed by atoms with E-state index < -0.39 is 5.91 Å². The van der Waals surface area contributed by atoms with Gasteiger partial charge >= 0.3 is 0 Å². The van der Waals surface area contributed by atoms with E-state index in [-0.39, 0.29) is 25.7 Å². The van der Waals surface area contributed by atoms with Crippen LogP contribution in [0.1, 0.15) is 10.4 Å². The summed E-state index contributed by atoms with van der Waals surface area (Å²) in [5.41, 5.74) is 7.57. The van der Waals surface area contributed by atoms with E-state index in [0.29, 0.717) is 5.82 Å². The molecule has 0 atom stereocenters. The summed E-state index contributed by atoms with van der Waals surface area (Å²) in [5, 5.41) is 0. The smallest absolute Gasteiger partial charge is 0.252 e. The predicted octanol–water partition coefficient (Wildman–Crippen LogP) is -0.536. The number of pyridine rings is 1. The van der Waals surface area contributed by atoms with Crippen LogP contribution in [0.5, 0.6) is 0 Å². The molecule has 0 aliphatic rings. The molecule has 0 spiro atoms. The number of nitrogens with zero attached hydrogens (tertiary/aromatic N) is 1. The third-order valence-corrected chi connectivity index (χ3v) is 1.21. The molecule has 0 saturated carbocycles. The number of carbonyl (C=O) groups excluding carboxylic acids is 1. The number of nitrogens with one attached hydrogen (secondary N) is 1. The van der Waals surface area contributed by atoms with Crippen LogP contribution < -0.4 is 17.0 Å². The quantitative estimate of drug-likeness (QED) is 0.485. The average Bonchev–Trinajstić information content (AvgIpc) is 2.04. The molecule has 5 N–H and O–H groups in total. The molecular weight excluding hydrogens is 242 g/mol. The Labute approximate surface area is 82.9 Å². The fraction of sp³-hybridized carbons (Fsp3) is 0. The van der Waals surface area contributed by atoms with Gasteiger partial charge < -0.3 is 11.2 Å². The van der Waals surface area contributed by atoms with Gasteiger partial charge in [-0.25, -0.2) is 10.8 Å². The van der Waals surface area contributed by atoms with Crippen molar-refractivity contribution in [2.45, 2.75) is 0 Å². The number of nitrogens with two attached hydrogens (primary N) is 2. The zero-order valence-corrected chi connectivity index (χ0v) is 7.98. The molecule has 1 rings (SSSR count). The third-order valence-electron chi connectivity index (χ3n) is 1.21. The second kappa shape index (κ2) is 4.82. The third kappa shape index (κ3) is 2.27. The number of hydrazine groups is 1. The first kappa shape index (κ1) is 11.0. The zero-order valence-electron chi connectivity index (χ0n) is 6.12. The van der Waals surface area contributed by atoms with Crippen molar-refractivity contribution >= 4 is 11.7 Å². The van der Waals surface area contributed by atoms with Gasteiger partial charge in [-0.1, -0.05) is 0 Å². The van der Waals surface area contributed by atoms with Crippen molar-refractivity contribution in [3.63, 3.8) is 0 Å². The van der Waals surface area contributed by atoms with Gasteiger partial charge in [-0.3, -0.25) is 4.79 Å². The van der Waals surface area contributed by atoms with Gasteiger partial charge in [0, 0.05) is 26.3 Å². The van der Waals surface area contributed by atoms with Crippen LogP contribution in [0.15, 0.2) is 18.3 Å². The first-order chi connectivity index (χ1) is 5.25. The van der Waals surface area contributed by atoms with Gasteiger partial charge in [0.05, 0.1) is 5.56 Å². The molecule has 0 fully saturated rings. The summed E-state index contributed by atoms with van der Waals surface area (Å²) < 4.78 is 0. The average molecular weight is 250 g/mol. The maximum absolute atomic E-state index is 10.7. The van der Waals surface area contributed by atoms with Gasteiger partial charge in [0.1, 0.15) is 0 Å². The maximum atomic E-state index is 10.7. The van der Waals surface area contributed by atoms with E-state index in [2.05, 4.69) is 10.4 Å². The van der Waals surface area contributed by atoms with E-state index in [1.165, 1.54) is 6.20 Å². The van der Waals surface area contributed by atoms with Crippen LogP contribution in [0, 0.1) is 0 Å². The van der Waals surface area contributed by atoms with Gasteiger partial charge in [0.25, 0.3) is 5.91 Å². The fourth-order valence-corrected chi connectivity index (χ4v) is 0.719. The number of primary amides is 1. The Balaban J connectivity index is 0.00000121. The number of rotatable bonds is 2. The molecule has 12 heavy (non-hydrogen) atoms. The topological polar surface area (TPSA) is 94.0 Å². The van der Waals surface area contributed by atoms with E-state index in [0.717, 1.165) is 0 Å². The van der Waals surface area contributed by atoms with Crippen LogP contribution in [0.3, 0.4) is 0 Å². The van der Waals surface area contributed by atoms with Gasteiger partial charge in [-0.2, -0.15) is 0 Å². The Hall–Kier alpha value is -0.971. The Morgan fingerprint density at radius 3 is 2.67 bits per heavy atom. The number of hydrogen-bond acceptors (Lipinski definition) is 4. The molecule has 0 aliphatic heterocycles. The Kier molecular flexibility index (Phi) is 4.43.